The standard InChI is InChI=1S/C40H26N4/c1-3-13-27(14-4-1)34-25-29(26-35(42-34)28-15-5-2-6-16-28)43-36-19-9-7-17-30(36)32-22-23-33-31-18-8-10-20-37(31)44(40(33)39(32)43)38-21-11-12-24-41-38/h1-26H. The van der Waals surface area contributed by atoms with Gasteiger partial charge >= 0.3 is 0 Å². The fraction of sp³-hybridized carbons (Fsp3) is 0. The summed E-state index contributed by atoms with van der Waals surface area (Å²) in [5, 5.41) is 4.81. The van der Waals surface area contributed by atoms with Crippen molar-refractivity contribution in [2.24, 2.45) is 0 Å². The lowest BCUT2D eigenvalue weighted by Crippen LogP contribution is -2.01. The van der Waals surface area contributed by atoms with Gasteiger partial charge in [0.1, 0.15) is 5.82 Å². The molecule has 0 fully saturated rings. The highest BCUT2D eigenvalue weighted by Gasteiger charge is 2.22. The SMILES string of the molecule is c1ccc(-c2cc(-n3c4ccccc4c4ccc5c6ccccc6n(-c6ccccn6)c5c43)cc(-c3ccccc3)n2)cc1. The van der Waals surface area contributed by atoms with E-state index in [1.165, 1.54) is 21.5 Å². The third-order valence-corrected chi connectivity index (χ3v) is 8.55. The molecule has 4 aromatic heterocycles. The topological polar surface area (TPSA) is 35.6 Å². The minimum Gasteiger partial charge on any atom is -0.307 e. The molecule has 4 nitrogen and oxygen atoms in total. The molecule has 9 aromatic rings. The second-order valence-corrected chi connectivity index (χ2v) is 11.1. The van der Waals surface area contributed by atoms with E-state index in [4.69, 9.17) is 9.97 Å². The van der Waals surface area contributed by atoms with Gasteiger partial charge in [-0.25, -0.2) is 9.97 Å². The Balaban J connectivity index is 1.48. The normalized spacial score (nSPS) is 11.6. The van der Waals surface area contributed by atoms with Crippen molar-refractivity contribution >= 4 is 43.6 Å². The zero-order valence-electron chi connectivity index (χ0n) is 23.8. The van der Waals surface area contributed by atoms with Gasteiger partial charge in [-0.05, 0) is 36.4 Å². The van der Waals surface area contributed by atoms with Crippen LogP contribution in [0.4, 0.5) is 0 Å². The van der Waals surface area contributed by atoms with Crippen molar-refractivity contribution < 1.29 is 0 Å². The van der Waals surface area contributed by atoms with E-state index in [0.717, 1.165) is 56.1 Å². The van der Waals surface area contributed by atoms with Crippen molar-refractivity contribution in [3.05, 3.63) is 158 Å². The molecule has 0 aliphatic heterocycles. The molecule has 9 rings (SSSR count). The summed E-state index contributed by atoms with van der Waals surface area (Å²) >= 11 is 0. The lowest BCUT2D eigenvalue weighted by Gasteiger charge is -2.15. The second-order valence-electron chi connectivity index (χ2n) is 11.1. The predicted octanol–water partition coefficient (Wildman–Crippen LogP) is 10.0. The van der Waals surface area contributed by atoms with Gasteiger partial charge in [0.25, 0.3) is 0 Å². The number of aromatic nitrogens is 4. The highest BCUT2D eigenvalue weighted by molar-refractivity contribution is 6.23. The Kier molecular flexibility index (Phi) is 5.47. The van der Waals surface area contributed by atoms with Gasteiger partial charge in [-0.2, -0.15) is 0 Å². The number of nitrogens with zero attached hydrogens (tertiary/aromatic N) is 4. The Morgan fingerprint density at radius 3 is 1.48 bits per heavy atom. The van der Waals surface area contributed by atoms with Crippen LogP contribution in [0.2, 0.25) is 0 Å². The number of fused-ring (bicyclic) bond motifs is 7. The van der Waals surface area contributed by atoms with E-state index in [9.17, 15) is 0 Å². The van der Waals surface area contributed by atoms with Crippen molar-refractivity contribution in [3.8, 4) is 34.0 Å². The van der Waals surface area contributed by atoms with E-state index in [1.807, 2.05) is 24.4 Å². The van der Waals surface area contributed by atoms with E-state index in [2.05, 4.69) is 143 Å². The van der Waals surface area contributed by atoms with Crippen LogP contribution in [0.3, 0.4) is 0 Å². The minimum atomic E-state index is 0.896. The minimum absolute atomic E-state index is 0.896. The number of pyridine rings is 2. The summed E-state index contributed by atoms with van der Waals surface area (Å²) in [4.78, 5) is 10.0. The van der Waals surface area contributed by atoms with Crippen LogP contribution in [-0.4, -0.2) is 19.1 Å². The van der Waals surface area contributed by atoms with Gasteiger partial charge in [-0.1, -0.05) is 115 Å². The molecule has 0 aliphatic carbocycles. The quantitative estimate of drug-likeness (QED) is 0.214. The number of hydrogen-bond acceptors (Lipinski definition) is 2. The fourth-order valence-corrected chi connectivity index (χ4v) is 6.65. The van der Waals surface area contributed by atoms with Gasteiger partial charge in [0.2, 0.25) is 0 Å². The van der Waals surface area contributed by atoms with E-state index in [1.54, 1.807) is 0 Å². The molecule has 0 bridgehead atoms. The van der Waals surface area contributed by atoms with Gasteiger partial charge in [0.05, 0.1) is 39.1 Å². The van der Waals surface area contributed by atoms with Crippen molar-refractivity contribution in [1.29, 1.82) is 0 Å². The molecular weight excluding hydrogens is 536 g/mol. The van der Waals surface area contributed by atoms with E-state index in [-0.39, 0.29) is 0 Å². The number of hydrogen-bond donors (Lipinski definition) is 0. The van der Waals surface area contributed by atoms with Crippen LogP contribution in [0.5, 0.6) is 0 Å². The third-order valence-electron chi connectivity index (χ3n) is 8.55. The Morgan fingerprint density at radius 1 is 0.409 bits per heavy atom. The molecule has 0 unspecified atom stereocenters. The van der Waals surface area contributed by atoms with E-state index < -0.39 is 0 Å². The van der Waals surface area contributed by atoms with Crippen LogP contribution < -0.4 is 0 Å². The van der Waals surface area contributed by atoms with Crippen LogP contribution in [0, 0.1) is 0 Å². The van der Waals surface area contributed by atoms with E-state index in [0.29, 0.717) is 0 Å². The molecule has 0 atom stereocenters. The molecule has 0 spiro atoms. The predicted molar refractivity (Wildman–Crippen MR) is 182 cm³/mol. The highest BCUT2D eigenvalue weighted by Crippen LogP contribution is 2.42. The van der Waals surface area contributed by atoms with Crippen LogP contribution in [0.25, 0.3) is 77.6 Å². The number of para-hydroxylation sites is 2. The van der Waals surface area contributed by atoms with Crippen LogP contribution in [0.1, 0.15) is 0 Å². The van der Waals surface area contributed by atoms with Crippen molar-refractivity contribution in [1.82, 2.24) is 19.1 Å². The molecule has 0 aliphatic rings. The van der Waals surface area contributed by atoms with Crippen molar-refractivity contribution in [2.75, 3.05) is 0 Å². The first-order chi connectivity index (χ1) is 21.8. The molecule has 206 valence electrons. The zero-order chi connectivity index (χ0) is 29.0. The van der Waals surface area contributed by atoms with Gasteiger partial charge in [-0.3, -0.25) is 4.57 Å². The second kappa shape index (κ2) is 9.79. The summed E-state index contributed by atoms with van der Waals surface area (Å²) in [6, 6.07) is 53.3. The lowest BCUT2D eigenvalue weighted by atomic mass is 10.1. The maximum Gasteiger partial charge on any atom is 0.137 e. The molecule has 0 radical (unpaired) electrons. The highest BCUT2D eigenvalue weighted by atomic mass is 15.1. The summed E-state index contributed by atoms with van der Waals surface area (Å²) in [6.45, 7) is 0. The average Bonchev–Trinajstić information content (AvgIpc) is 3.62. The third kappa shape index (κ3) is 3.71. The lowest BCUT2D eigenvalue weighted by molar-refractivity contribution is 1.07. The summed E-state index contributed by atoms with van der Waals surface area (Å²) < 4.78 is 4.74. The summed E-state index contributed by atoms with van der Waals surface area (Å²) in [5.41, 5.74) is 9.67. The van der Waals surface area contributed by atoms with Gasteiger partial charge in [0, 0.05) is 38.9 Å². The molecule has 0 saturated carbocycles. The zero-order valence-corrected chi connectivity index (χ0v) is 23.8. The van der Waals surface area contributed by atoms with E-state index >= 15 is 0 Å². The molecule has 44 heavy (non-hydrogen) atoms. The van der Waals surface area contributed by atoms with Crippen molar-refractivity contribution in [3.63, 3.8) is 0 Å². The molecule has 0 saturated heterocycles. The van der Waals surface area contributed by atoms with Crippen molar-refractivity contribution in [2.45, 2.75) is 0 Å². The summed E-state index contributed by atoms with van der Waals surface area (Å²) in [6.07, 6.45) is 1.87. The molecule has 0 N–H and O–H groups in total. The van der Waals surface area contributed by atoms with Gasteiger partial charge < -0.3 is 4.57 Å². The Labute approximate surface area is 254 Å². The number of benzene rings is 5. The molecule has 4 heteroatoms. The maximum absolute atomic E-state index is 5.18. The summed E-state index contributed by atoms with van der Waals surface area (Å²) in [5.74, 6) is 0.896. The fourth-order valence-electron chi connectivity index (χ4n) is 6.65. The maximum atomic E-state index is 5.18. The first kappa shape index (κ1) is 24.6. The average molecular weight is 563 g/mol. The monoisotopic (exact) mass is 562 g/mol. The first-order valence-electron chi connectivity index (χ1n) is 14.9. The Bertz CT molecular complexity index is 2420. The molecular formula is C40H26N4. The van der Waals surface area contributed by atoms with Gasteiger partial charge in [0.15, 0.2) is 0 Å². The smallest absolute Gasteiger partial charge is 0.137 e. The van der Waals surface area contributed by atoms with Crippen LogP contribution in [0.15, 0.2) is 158 Å². The molecule has 0 amide bonds. The molecule has 4 heterocycles. The largest absolute Gasteiger partial charge is 0.307 e. The van der Waals surface area contributed by atoms with Crippen LogP contribution >= 0.6 is 0 Å². The first-order valence-corrected chi connectivity index (χ1v) is 14.9. The van der Waals surface area contributed by atoms with Gasteiger partial charge in [-0.15, -0.1) is 0 Å². The summed E-state index contributed by atoms with van der Waals surface area (Å²) in [7, 11) is 0. The number of rotatable bonds is 4. The Hall–Kier alpha value is -6.00. The Morgan fingerprint density at radius 2 is 0.909 bits per heavy atom. The molecule has 5 aromatic carbocycles. The van der Waals surface area contributed by atoms with Crippen LogP contribution in [-0.2, 0) is 0 Å².